The number of aryl methyl sites for hydroxylation is 1. The smallest absolute Gasteiger partial charge is 0.240 e. The van der Waals surface area contributed by atoms with E-state index in [0.717, 1.165) is 11.3 Å². The number of anilines is 1. The van der Waals surface area contributed by atoms with Gasteiger partial charge in [0.05, 0.1) is 31.6 Å². The summed E-state index contributed by atoms with van der Waals surface area (Å²) in [6.45, 7) is 0.755. The van der Waals surface area contributed by atoms with E-state index in [1.165, 1.54) is 0 Å². The largest absolute Gasteiger partial charge is 0.482 e. The molecule has 8 heteroatoms. The van der Waals surface area contributed by atoms with Crippen LogP contribution in [0, 0.1) is 0 Å². The summed E-state index contributed by atoms with van der Waals surface area (Å²) in [5.41, 5.74) is 1.90. The number of amides is 2. The van der Waals surface area contributed by atoms with Crippen molar-refractivity contribution in [1.29, 1.82) is 0 Å². The van der Waals surface area contributed by atoms with Crippen LogP contribution in [0.5, 0.6) is 5.75 Å². The van der Waals surface area contributed by atoms with E-state index >= 15 is 0 Å². The Labute approximate surface area is 150 Å². The fraction of sp³-hybridized carbons (Fsp3) is 0.389. The Morgan fingerprint density at radius 1 is 1.35 bits per heavy atom. The number of carbonyl (C=O) groups is 2. The van der Waals surface area contributed by atoms with Crippen LogP contribution in [0.3, 0.4) is 0 Å². The van der Waals surface area contributed by atoms with Crippen LogP contribution < -0.4 is 15.0 Å². The number of H-pyrrole nitrogens is 1. The molecule has 0 radical (unpaired) electrons. The van der Waals surface area contributed by atoms with Gasteiger partial charge in [-0.25, -0.2) is 0 Å². The fourth-order valence-corrected chi connectivity index (χ4v) is 3.33. The first-order chi connectivity index (χ1) is 12.7. The molecule has 2 aliphatic rings. The molecule has 1 aromatic carbocycles. The summed E-state index contributed by atoms with van der Waals surface area (Å²) in [5, 5.41) is 9.44. The van der Waals surface area contributed by atoms with Crippen LogP contribution in [-0.2, 0) is 20.7 Å². The number of para-hydroxylation sites is 1. The van der Waals surface area contributed by atoms with Crippen LogP contribution in [0.15, 0.2) is 36.7 Å². The zero-order valence-corrected chi connectivity index (χ0v) is 14.2. The first-order valence-electron chi connectivity index (χ1n) is 8.61. The summed E-state index contributed by atoms with van der Waals surface area (Å²) in [6, 6.07) is 7.42. The van der Waals surface area contributed by atoms with Gasteiger partial charge in [0.25, 0.3) is 0 Å². The summed E-state index contributed by atoms with van der Waals surface area (Å²) in [6.07, 6.45) is 4.05. The highest BCUT2D eigenvalue weighted by Gasteiger charge is 2.33. The first kappa shape index (κ1) is 16.6. The Balaban J connectivity index is 1.40. The molecule has 26 heavy (non-hydrogen) atoms. The topological polar surface area (TPSA) is 96.6 Å². The maximum Gasteiger partial charge on any atom is 0.240 e. The number of hydrogen-bond acceptors (Lipinski definition) is 5. The van der Waals surface area contributed by atoms with Crippen molar-refractivity contribution in [3.63, 3.8) is 0 Å². The lowest BCUT2D eigenvalue weighted by Gasteiger charge is -2.29. The molecule has 0 aliphatic carbocycles. The van der Waals surface area contributed by atoms with Crippen molar-refractivity contribution < 1.29 is 19.1 Å². The second-order valence-electron chi connectivity index (χ2n) is 6.41. The summed E-state index contributed by atoms with van der Waals surface area (Å²) < 4.78 is 11.2. The van der Waals surface area contributed by atoms with Gasteiger partial charge in [-0.15, -0.1) is 0 Å². The molecule has 2 atom stereocenters. The Morgan fingerprint density at radius 3 is 3.08 bits per heavy atom. The van der Waals surface area contributed by atoms with E-state index in [0.29, 0.717) is 31.8 Å². The Hall–Kier alpha value is -2.87. The molecule has 1 fully saturated rings. The molecular weight excluding hydrogens is 336 g/mol. The van der Waals surface area contributed by atoms with Gasteiger partial charge in [-0.3, -0.25) is 14.7 Å². The second-order valence-corrected chi connectivity index (χ2v) is 6.41. The lowest BCUT2D eigenvalue weighted by molar-refractivity contribution is -0.124. The standard InChI is InChI=1S/C18H20N4O4/c23-17(9-22-15-4-2-1-3-12(15)5-6-18(22)24)21-14-10-25-11-16(14)26-13-7-19-20-8-13/h1-4,7-8,14,16H,5-6,9-11H2,(H,19,20)(H,21,23)/t14-,16+/m0/s1. The zero-order valence-electron chi connectivity index (χ0n) is 14.2. The minimum atomic E-state index is -0.291. The minimum absolute atomic E-state index is 0.00915. The van der Waals surface area contributed by atoms with Gasteiger partial charge < -0.3 is 19.7 Å². The monoisotopic (exact) mass is 356 g/mol. The highest BCUT2D eigenvalue weighted by atomic mass is 16.5. The van der Waals surface area contributed by atoms with Crippen molar-refractivity contribution in [2.45, 2.75) is 25.0 Å². The number of ether oxygens (including phenoxy) is 2. The number of fused-ring (bicyclic) bond motifs is 1. The number of nitrogens with zero attached hydrogens (tertiary/aromatic N) is 2. The van der Waals surface area contributed by atoms with E-state index in [1.807, 2.05) is 24.3 Å². The van der Waals surface area contributed by atoms with Crippen LogP contribution >= 0.6 is 0 Å². The molecular formula is C18H20N4O4. The third-order valence-corrected chi connectivity index (χ3v) is 4.63. The number of hydrogen-bond donors (Lipinski definition) is 2. The van der Waals surface area contributed by atoms with Crippen molar-refractivity contribution in [1.82, 2.24) is 15.5 Å². The Bertz CT molecular complexity index is 792. The molecule has 0 saturated carbocycles. The molecule has 2 amide bonds. The van der Waals surface area contributed by atoms with Gasteiger partial charge in [0.2, 0.25) is 11.8 Å². The molecule has 2 aliphatic heterocycles. The third-order valence-electron chi connectivity index (χ3n) is 4.63. The van der Waals surface area contributed by atoms with Gasteiger partial charge in [-0.05, 0) is 18.1 Å². The van der Waals surface area contributed by atoms with Gasteiger partial charge >= 0.3 is 0 Å². The Kier molecular flexibility index (Phi) is 4.57. The molecule has 2 N–H and O–H groups in total. The maximum atomic E-state index is 12.5. The van der Waals surface area contributed by atoms with Crippen LogP contribution in [0.25, 0.3) is 0 Å². The van der Waals surface area contributed by atoms with Crippen molar-refractivity contribution in [3.8, 4) is 5.75 Å². The summed E-state index contributed by atoms with van der Waals surface area (Å²) in [5.74, 6) is 0.332. The minimum Gasteiger partial charge on any atom is -0.482 e. The van der Waals surface area contributed by atoms with Gasteiger partial charge in [-0.2, -0.15) is 5.10 Å². The van der Waals surface area contributed by atoms with Crippen molar-refractivity contribution >= 4 is 17.5 Å². The van der Waals surface area contributed by atoms with E-state index in [-0.39, 0.29) is 30.5 Å². The summed E-state index contributed by atoms with van der Waals surface area (Å²) in [7, 11) is 0. The van der Waals surface area contributed by atoms with E-state index < -0.39 is 0 Å². The molecule has 1 saturated heterocycles. The van der Waals surface area contributed by atoms with Crippen LogP contribution in [-0.4, -0.2) is 53.9 Å². The van der Waals surface area contributed by atoms with Gasteiger partial charge in [-0.1, -0.05) is 18.2 Å². The van der Waals surface area contributed by atoms with E-state index in [4.69, 9.17) is 9.47 Å². The molecule has 4 rings (SSSR count). The first-order valence-corrected chi connectivity index (χ1v) is 8.61. The van der Waals surface area contributed by atoms with Crippen molar-refractivity contribution in [3.05, 3.63) is 42.2 Å². The van der Waals surface area contributed by atoms with Gasteiger partial charge in [0.1, 0.15) is 12.6 Å². The number of carbonyl (C=O) groups excluding carboxylic acids is 2. The van der Waals surface area contributed by atoms with Crippen LogP contribution in [0.1, 0.15) is 12.0 Å². The predicted octanol–water partition coefficient (Wildman–Crippen LogP) is 0.651. The van der Waals surface area contributed by atoms with Crippen molar-refractivity contribution in [2.24, 2.45) is 0 Å². The lowest BCUT2D eigenvalue weighted by atomic mass is 10.0. The molecule has 0 bridgehead atoms. The summed E-state index contributed by atoms with van der Waals surface area (Å²) in [4.78, 5) is 26.4. The number of aromatic amines is 1. The molecule has 1 aromatic heterocycles. The molecule has 0 spiro atoms. The van der Waals surface area contributed by atoms with E-state index in [2.05, 4.69) is 15.5 Å². The molecule has 3 heterocycles. The highest BCUT2D eigenvalue weighted by Crippen LogP contribution is 2.27. The zero-order chi connectivity index (χ0) is 17.9. The summed E-state index contributed by atoms with van der Waals surface area (Å²) >= 11 is 0. The Morgan fingerprint density at radius 2 is 2.23 bits per heavy atom. The number of aromatic nitrogens is 2. The van der Waals surface area contributed by atoms with Crippen LogP contribution in [0.4, 0.5) is 5.69 Å². The lowest BCUT2D eigenvalue weighted by Crippen LogP contribution is -2.50. The normalized spacial score (nSPS) is 22.2. The van der Waals surface area contributed by atoms with E-state index in [1.54, 1.807) is 17.3 Å². The average Bonchev–Trinajstić information content (AvgIpc) is 3.30. The number of benzene rings is 1. The number of rotatable bonds is 5. The predicted molar refractivity (Wildman–Crippen MR) is 92.9 cm³/mol. The SMILES string of the molecule is O=C(CN1C(=O)CCc2ccccc21)N[C@H]1COC[C@H]1Oc1cn[nH]c1. The molecule has 2 aromatic rings. The van der Waals surface area contributed by atoms with Gasteiger partial charge in [0, 0.05) is 12.1 Å². The highest BCUT2D eigenvalue weighted by molar-refractivity contribution is 6.01. The fourth-order valence-electron chi connectivity index (χ4n) is 3.33. The van der Waals surface area contributed by atoms with Gasteiger partial charge in [0.15, 0.2) is 5.75 Å². The molecule has 8 nitrogen and oxygen atoms in total. The number of nitrogens with one attached hydrogen (secondary N) is 2. The quantitative estimate of drug-likeness (QED) is 0.820. The molecule has 136 valence electrons. The second kappa shape index (κ2) is 7.17. The van der Waals surface area contributed by atoms with Crippen molar-refractivity contribution in [2.75, 3.05) is 24.7 Å². The maximum absolute atomic E-state index is 12.5. The van der Waals surface area contributed by atoms with E-state index in [9.17, 15) is 9.59 Å². The average molecular weight is 356 g/mol. The van der Waals surface area contributed by atoms with Crippen LogP contribution in [0.2, 0.25) is 0 Å². The third kappa shape index (κ3) is 3.41. The molecule has 0 unspecified atom stereocenters.